The van der Waals surface area contributed by atoms with Crippen LogP contribution < -0.4 is 0 Å². The van der Waals surface area contributed by atoms with Crippen LogP contribution in [0.5, 0.6) is 0 Å². The fourth-order valence-corrected chi connectivity index (χ4v) is 4.00. The monoisotopic (exact) mass is 363 g/mol. The first-order chi connectivity index (χ1) is 11.3. The highest BCUT2D eigenvalue weighted by Gasteiger charge is 2.42. The van der Waals surface area contributed by atoms with E-state index in [1.807, 2.05) is 0 Å². The summed E-state index contributed by atoms with van der Waals surface area (Å²) in [6, 6.07) is 0. The molecule has 0 bridgehead atoms. The van der Waals surface area contributed by atoms with Gasteiger partial charge in [-0.3, -0.25) is 0 Å². The zero-order valence-corrected chi connectivity index (χ0v) is 17.4. The molecule has 4 nitrogen and oxygen atoms in total. The average Bonchev–Trinajstić information content (AvgIpc) is 2.52. The summed E-state index contributed by atoms with van der Waals surface area (Å²) in [5.74, 6) is -0.579. The molecule has 0 amide bonds. The van der Waals surface area contributed by atoms with Crippen LogP contribution in [0.4, 0.5) is 0 Å². The van der Waals surface area contributed by atoms with E-state index in [2.05, 4.69) is 27.7 Å². The summed E-state index contributed by atoms with van der Waals surface area (Å²) < 4.78 is 16.2. The predicted octanol–water partition coefficient (Wildman–Crippen LogP) is 6.19. The lowest BCUT2D eigenvalue weighted by Gasteiger charge is -2.33. The molecule has 0 saturated carbocycles. The molecule has 0 aromatic heterocycles. The maximum absolute atomic E-state index is 11.1. The van der Waals surface area contributed by atoms with Crippen molar-refractivity contribution >= 4 is 8.25 Å². The van der Waals surface area contributed by atoms with E-state index >= 15 is 0 Å². The van der Waals surface area contributed by atoms with Crippen LogP contribution in [0.1, 0.15) is 98.8 Å². The fourth-order valence-electron chi connectivity index (χ4n) is 3.53. The van der Waals surface area contributed by atoms with Crippen LogP contribution >= 0.6 is 8.25 Å². The second-order valence-electron chi connectivity index (χ2n) is 7.39. The SMILES string of the molecule is CCCCC(CC)CC(CC(CC)CCCC)C(C)(O)O[P+](=O)O. The van der Waals surface area contributed by atoms with Gasteiger partial charge < -0.3 is 5.11 Å². The van der Waals surface area contributed by atoms with Gasteiger partial charge in [0.1, 0.15) is 0 Å². The van der Waals surface area contributed by atoms with Crippen LogP contribution in [0.2, 0.25) is 0 Å². The summed E-state index contributed by atoms with van der Waals surface area (Å²) >= 11 is 0. The van der Waals surface area contributed by atoms with Gasteiger partial charge in [0, 0.05) is 10.5 Å². The second-order valence-corrected chi connectivity index (χ2v) is 8.04. The highest BCUT2D eigenvalue weighted by atomic mass is 31.1. The van der Waals surface area contributed by atoms with Gasteiger partial charge in [-0.1, -0.05) is 83.6 Å². The molecular formula is C19H40O4P+. The molecule has 2 N–H and O–H groups in total. The minimum absolute atomic E-state index is 0.104. The zero-order chi connectivity index (χ0) is 18.6. The summed E-state index contributed by atoms with van der Waals surface area (Å²) in [6.45, 7) is 10.3. The zero-order valence-electron chi connectivity index (χ0n) is 16.5. The Morgan fingerprint density at radius 2 is 1.38 bits per heavy atom. The molecule has 0 aliphatic rings. The van der Waals surface area contributed by atoms with Crippen LogP contribution in [0.3, 0.4) is 0 Å². The van der Waals surface area contributed by atoms with Crippen molar-refractivity contribution in [2.24, 2.45) is 17.8 Å². The van der Waals surface area contributed by atoms with Crippen molar-refractivity contribution in [3.05, 3.63) is 0 Å². The molecule has 0 saturated heterocycles. The van der Waals surface area contributed by atoms with Crippen LogP contribution in [0.15, 0.2) is 0 Å². The molecule has 0 aromatic rings. The van der Waals surface area contributed by atoms with Crippen LogP contribution in [-0.4, -0.2) is 15.8 Å². The Morgan fingerprint density at radius 3 is 1.67 bits per heavy atom. The van der Waals surface area contributed by atoms with Gasteiger partial charge in [0.05, 0.1) is 0 Å². The Kier molecular flexibility index (Phi) is 13.2. The Morgan fingerprint density at radius 1 is 0.958 bits per heavy atom. The van der Waals surface area contributed by atoms with E-state index in [1.54, 1.807) is 6.92 Å². The van der Waals surface area contributed by atoms with E-state index in [4.69, 9.17) is 9.42 Å². The van der Waals surface area contributed by atoms with Gasteiger partial charge >= 0.3 is 8.25 Å². The highest BCUT2D eigenvalue weighted by Crippen LogP contribution is 2.39. The summed E-state index contributed by atoms with van der Waals surface area (Å²) in [5, 5.41) is 10.7. The number of rotatable bonds is 15. The maximum Gasteiger partial charge on any atom is 0.697 e. The van der Waals surface area contributed by atoms with Gasteiger partial charge in [-0.05, 0) is 31.6 Å². The van der Waals surface area contributed by atoms with E-state index in [9.17, 15) is 9.67 Å². The molecule has 0 rings (SSSR count). The first-order valence-corrected chi connectivity index (χ1v) is 11.0. The van der Waals surface area contributed by atoms with Gasteiger partial charge in [0.2, 0.25) is 5.79 Å². The highest BCUT2D eigenvalue weighted by molar-refractivity contribution is 7.32. The van der Waals surface area contributed by atoms with E-state index in [1.165, 1.54) is 25.7 Å². The van der Waals surface area contributed by atoms with E-state index in [0.29, 0.717) is 11.8 Å². The van der Waals surface area contributed by atoms with Crippen molar-refractivity contribution in [1.29, 1.82) is 0 Å². The first-order valence-electron chi connectivity index (χ1n) is 9.88. The topological polar surface area (TPSA) is 66.8 Å². The molecule has 0 fully saturated rings. The lowest BCUT2D eigenvalue weighted by molar-refractivity contribution is -0.173. The maximum atomic E-state index is 11.1. The molecule has 0 aromatic carbocycles. The Balaban J connectivity index is 5.07. The third-order valence-corrected chi connectivity index (χ3v) is 5.87. The van der Waals surface area contributed by atoms with Gasteiger partial charge in [-0.25, -0.2) is 0 Å². The third-order valence-electron chi connectivity index (χ3n) is 5.34. The standard InChI is InChI=1S/C19H39O4P/c1-6-10-12-16(8-3)14-18(19(5,20)23-24(21)22)15-17(9-4)13-11-7-2/h16-18,20H,6-15H2,1-5H3/p+1. The minimum Gasteiger partial charge on any atom is -0.362 e. The summed E-state index contributed by atoms with van der Waals surface area (Å²) in [6.07, 6.45) is 10.9. The summed E-state index contributed by atoms with van der Waals surface area (Å²) in [4.78, 5) is 9.13. The van der Waals surface area contributed by atoms with E-state index < -0.39 is 14.0 Å². The van der Waals surface area contributed by atoms with Crippen LogP contribution in [0, 0.1) is 17.8 Å². The number of hydrogen-bond donors (Lipinski definition) is 2. The van der Waals surface area contributed by atoms with E-state index in [-0.39, 0.29) is 5.92 Å². The second kappa shape index (κ2) is 13.2. The predicted molar refractivity (Wildman–Crippen MR) is 101 cm³/mol. The number of aliphatic hydroxyl groups is 1. The molecule has 0 spiro atoms. The van der Waals surface area contributed by atoms with Crippen LogP contribution in [0.25, 0.3) is 0 Å². The van der Waals surface area contributed by atoms with E-state index in [0.717, 1.165) is 38.5 Å². The van der Waals surface area contributed by atoms with Gasteiger partial charge in [0.25, 0.3) is 0 Å². The van der Waals surface area contributed by atoms with Crippen molar-refractivity contribution in [3.63, 3.8) is 0 Å². The van der Waals surface area contributed by atoms with Crippen LogP contribution in [-0.2, 0) is 9.09 Å². The molecular weight excluding hydrogens is 323 g/mol. The Hall–Kier alpha value is -0.0200. The molecule has 4 atom stereocenters. The van der Waals surface area contributed by atoms with Crippen molar-refractivity contribution < 1.29 is 19.1 Å². The third kappa shape index (κ3) is 10.1. The minimum atomic E-state index is -2.80. The van der Waals surface area contributed by atoms with Crippen molar-refractivity contribution in [1.82, 2.24) is 0 Å². The molecule has 144 valence electrons. The molecule has 0 radical (unpaired) electrons. The molecule has 0 aliphatic carbocycles. The lowest BCUT2D eigenvalue weighted by atomic mass is 9.78. The van der Waals surface area contributed by atoms with Gasteiger partial charge in [-0.15, -0.1) is 4.89 Å². The molecule has 24 heavy (non-hydrogen) atoms. The molecule has 4 unspecified atom stereocenters. The molecule has 5 heteroatoms. The summed E-state index contributed by atoms with van der Waals surface area (Å²) in [5.41, 5.74) is 0. The Labute approximate surface area is 150 Å². The molecule has 0 aliphatic heterocycles. The molecule has 0 heterocycles. The van der Waals surface area contributed by atoms with Gasteiger partial charge in [0.15, 0.2) is 0 Å². The van der Waals surface area contributed by atoms with Crippen molar-refractivity contribution in [2.75, 3.05) is 0 Å². The smallest absolute Gasteiger partial charge is 0.362 e. The van der Waals surface area contributed by atoms with Crippen molar-refractivity contribution in [3.8, 4) is 0 Å². The first kappa shape index (κ1) is 24.0. The van der Waals surface area contributed by atoms with Crippen molar-refractivity contribution in [2.45, 2.75) is 105 Å². The largest absolute Gasteiger partial charge is 0.697 e. The number of unbranched alkanes of at least 4 members (excludes halogenated alkanes) is 2. The summed E-state index contributed by atoms with van der Waals surface area (Å²) in [7, 11) is -2.80. The number of hydrogen-bond acceptors (Lipinski definition) is 3. The fraction of sp³-hybridized carbons (Fsp3) is 1.00. The quantitative estimate of drug-likeness (QED) is 0.269. The van der Waals surface area contributed by atoms with Gasteiger partial charge in [-0.2, -0.15) is 0 Å². The average molecular weight is 363 g/mol. The Bertz CT molecular complexity index is 315. The normalized spacial score (nSPS) is 18.7. The lowest BCUT2D eigenvalue weighted by Crippen LogP contribution is -2.38.